The van der Waals surface area contributed by atoms with E-state index in [9.17, 15) is 4.79 Å². The molecule has 0 spiro atoms. The second-order valence-corrected chi connectivity index (χ2v) is 6.58. The lowest BCUT2D eigenvalue weighted by Crippen LogP contribution is -2.30. The van der Waals surface area contributed by atoms with Crippen LogP contribution >= 0.6 is 11.6 Å². The van der Waals surface area contributed by atoms with Gasteiger partial charge in [0.15, 0.2) is 0 Å². The van der Waals surface area contributed by atoms with Gasteiger partial charge in [0.25, 0.3) is 5.91 Å². The van der Waals surface area contributed by atoms with E-state index in [-0.39, 0.29) is 5.91 Å². The first-order valence-electron chi connectivity index (χ1n) is 8.71. The van der Waals surface area contributed by atoms with Crippen molar-refractivity contribution in [3.05, 3.63) is 47.0 Å². The highest BCUT2D eigenvalue weighted by atomic mass is 35.5. The van der Waals surface area contributed by atoms with Gasteiger partial charge < -0.3 is 19.7 Å². The normalized spacial score (nSPS) is 14.0. The predicted octanol–water partition coefficient (Wildman–Crippen LogP) is 4.60. The third-order valence-electron chi connectivity index (χ3n) is 4.56. The summed E-state index contributed by atoms with van der Waals surface area (Å²) in [4.78, 5) is 15.2. The lowest BCUT2D eigenvalue weighted by atomic mass is 10.1. The van der Waals surface area contributed by atoms with Gasteiger partial charge in [-0.3, -0.25) is 4.79 Å². The summed E-state index contributed by atoms with van der Waals surface area (Å²) in [7, 11) is 3.06. The minimum Gasteiger partial charge on any atom is -0.496 e. The molecule has 138 valence electrons. The van der Waals surface area contributed by atoms with Crippen molar-refractivity contribution in [2.24, 2.45) is 0 Å². The minimum absolute atomic E-state index is 0.292. The molecule has 0 atom stereocenters. The molecule has 1 aliphatic rings. The van der Waals surface area contributed by atoms with E-state index in [4.69, 9.17) is 21.1 Å². The Kier molecular flexibility index (Phi) is 5.89. The van der Waals surface area contributed by atoms with Crippen molar-refractivity contribution >= 4 is 28.9 Å². The average Bonchev–Trinajstić information content (AvgIpc) is 2.68. The van der Waals surface area contributed by atoms with Crippen molar-refractivity contribution < 1.29 is 14.3 Å². The molecule has 0 saturated carbocycles. The highest BCUT2D eigenvalue weighted by molar-refractivity contribution is 6.34. The molecule has 0 aliphatic carbocycles. The smallest absolute Gasteiger partial charge is 0.263 e. The van der Waals surface area contributed by atoms with Gasteiger partial charge in [-0.05, 0) is 43.5 Å². The van der Waals surface area contributed by atoms with E-state index in [0.717, 1.165) is 31.6 Å². The average molecular weight is 375 g/mol. The van der Waals surface area contributed by atoms with E-state index in [1.54, 1.807) is 18.2 Å². The van der Waals surface area contributed by atoms with Crippen LogP contribution in [0.3, 0.4) is 0 Å². The fourth-order valence-corrected chi connectivity index (χ4v) is 3.61. The Morgan fingerprint density at radius 3 is 2.23 bits per heavy atom. The molecule has 0 unspecified atom stereocenters. The van der Waals surface area contributed by atoms with Crippen molar-refractivity contribution in [1.29, 1.82) is 0 Å². The van der Waals surface area contributed by atoms with Crippen molar-refractivity contribution in [2.75, 3.05) is 37.5 Å². The number of nitrogens with zero attached hydrogens (tertiary/aromatic N) is 1. The molecular weight excluding hydrogens is 352 g/mol. The molecule has 5 nitrogen and oxygen atoms in total. The van der Waals surface area contributed by atoms with Gasteiger partial charge in [-0.25, -0.2) is 0 Å². The number of hydrogen-bond donors (Lipinski definition) is 1. The first kappa shape index (κ1) is 18.4. The zero-order valence-electron chi connectivity index (χ0n) is 15.0. The highest BCUT2D eigenvalue weighted by Crippen LogP contribution is 2.37. The summed E-state index contributed by atoms with van der Waals surface area (Å²) < 4.78 is 10.7. The summed E-state index contributed by atoms with van der Waals surface area (Å²) >= 11 is 6.47. The first-order chi connectivity index (χ1) is 12.7. The Labute approximate surface area is 158 Å². The second kappa shape index (κ2) is 8.32. The summed E-state index contributed by atoms with van der Waals surface area (Å²) in [5, 5.41) is 3.63. The summed E-state index contributed by atoms with van der Waals surface area (Å²) in [5.74, 6) is 0.631. The molecule has 26 heavy (non-hydrogen) atoms. The van der Waals surface area contributed by atoms with Crippen LogP contribution in [0, 0.1) is 0 Å². The Morgan fingerprint density at radius 2 is 1.62 bits per heavy atom. The van der Waals surface area contributed by atoms with Crippen LogP contribution in [0.15, 0.2) is 36.4 Å². The van der Waals surface area contributed by atoms with Crippen LogP contribution in [-0.4, -0.2) is 33.2 Å². The number of halogens is 1. The van der Waals surface area contributed by atoms with Gasteiger partial charge in [0.2, 0.25) is 0 Å². The molecule has 0 aromatic heterocycles. The molecule has 1 heterocycles. The second-order valence-electron chi connectivity index (χ2n) is 6.18. The number of carbonyl (C=O) groups is 1. The van der Waals surface area contributed by atoms with Crippen LogP contribution in [0.5, 0.6) is 11.5 Å². The number of piperidine rings is 1. The summed E-state index contributed by atoms with van der Waals surface area (Å²) in [5.41, 5.74) is 1.93. The topological polar surface area (TPSA) is 50.8 Å². The van der Waals surface area contributed by atoms with Crippen molar-refractivity contribution in [2.45, 2.75) is 19.3 Å². The van der Waals surface area contributed by atoms with Gasteiger partial charge >= 0.3 is 0 Å². The standard InChI is InChI=1S/C20H23ClN2O3/c1-25-16-10-7-11-17(26-2)18(16)20(24)22-15-9-6-8-14(21)19(15)23-12-4-3-5-13-23/h6-11H,3-5,12-13H2,1-2H3,(H,22,24). The van der Waals surface area contributed by atoms with Gasteiger partial charge in [-0.1, -0.05) is 23.7 Å². The van der Waals surface area contributed by atoms with Crippen LogP contribution < -0.4 is 19.7 Å². The van der Waals surface area contributed by atoms with Crippen LogP contribution in [0.25, 0.3) is 0 Å². The third kappa shape index (κ3) is 3.73. The molecule has 1 aliphatic heterocycles. The van der Waals surface area contributed by atoms with E-state index < -0.39 is 0 Å². The molecule has 2 aromatic carbocycles. The fourth-order valence-electron chi connectivity index (χ4n) is 3.31. The van der Waals surface area contributed by atoms with E-state index in [1.807, 2.05) is 18.2 Å². The number of amides is 1. The maximum atomic E-state index is 13.0. The quantitative estimate of drug-likeness (QED) is 0.830. The Bertz CT molecular complexity index is 766. The largest absolute Gasteiger partial charge is 0.496 e. The minimum atomic E-state index is -0.292. The summed E-state index contributed by atoms with van der Waals surface area (Å²) in [6.45, 7) is 1.87. The number of anilines is 2. The lowest BCUT2D eigenvalue weighted by molar-refractivity contribution is 0.102. The first-order valence-corrected chi connectivity index (χ1v) is 9.09. The number of nitrogens with one attached hydrogen (secondary N) is 1. The zero-order chi connectivity index (χ0) is 18.5. The van der Waals surface area contributed by atoms with Crippen molar-refractivity contribution in [3.8, 4) is 11.5 Å². The highest BCUT2D eigenvalue weighted by Gasteiger charge is 2.22. The summed E-state index contributed by atoms with van der Waals surface area (Å²) in [6, 6.07) is 10.8. The molecule has 6 heteroatoms. The molecule has 1 saturated heterocycles. The van der Waals surface area contributed by atoms with Crippen LogP contribution in [0.1, 0.15) is 29.6 Å². The zero-order valence-corrected chi connectivity index (χ0v) is 15.8. The Hall–Kier alpha value is -2.40. The predicted molar refractivity (Wildman–Crippen MR) is 105 cm³/mol. The lowest BCUT2D eigenvalue weighted by Gasteiger charge is -2.31. The van der Waals surface area contributed by atoms with Crippen LogP contribution in [0.4, 0.5) is 11.4 Å². The van der Waals surface area contributed by atoms with Gasteiger partial charge in [0.1, 0.15) is 17.1 Å². The maximum Gasteiger partial charge on any atom is 0.263 e. The maximum absolute atomic E-state index is 13.0. The third-order valence-corrected chi connectivity index (χ3v) is 4.87. The fraction of sp³-hybridized carbons (Fsp3) is 0.350. The number of para-hydroxylation sites is 1. The molecule has 1 amide bonds. The van der Waals surface area contributed by atoms with E-state index in [2.05, 4.69) is 10.2 Å². The molecule has 0 bridgehead atoms. The van der Waals surface area contributed by atoms with Crippen molar-refractivity contribution in [3.63, 3.8) is 0 Å². The number of rotatable bonds is 5. The number of benzene rings is 2. The van der Waals surface area contributed by atoms with Gasteiger partial charge in [0.05, 0.1) is 30.6 Å². The van der Waals surface area contributed by atoms with E-state index >= 15 is 0 Å². The van der Waals surface area contributed by atoms with E-state index in [0.29, 0.717) is 27.8 Å². The van der Waals surface area contributed by atoms with Crippen LogP contribution in [-0.2, 0) is 0 Å². The molecule has 2 aromatic rings. The van der Waals surface area contributed by atoms with Gasteiger partial charge in [-0.2, -0.15) is 0 Å². The SMILES string of the molecule is COc1cccc(OC)c1C(=O)Nc1cccc(Cl)c1N1CCCCC1. The number of carbonyl (C=O) groups excluding carboxylic acids is 1. The number of ether oxygens (including phenoxy) is 2. The number of methoxy groups -OCH3 is 2. The van der Waals surface area contributed by atoms with Gasteiger partial charge in [-0.15, -0.1) is 0 Å². The molecule has 1 N–H and O–H groups in total. The molecule has 3 rings (SSSR count). The molecule has 1 fully saturated rings. The Balaban J connectivity index is 1.95. The van der Waals surface area contributed by atoms with E-state index in [1.165, 1.54) is 20.6 Å². The Morgan fingerprint density at radius 1 is 1.00 bits per heavy atom. The van der Waals surface area contributed by atoms with Crippen LogP contribution in [0.2, 0.25) is 5.02 Å². The number of hydrogen-bond acceptors (Lipinski definition) is 4. The molecular formula is C20H23ClN2O3. The molecule has 0 radical (unpaired) electrons. The van der Waals surface area contributed by atoms with Crippen molar-refractivity contribution in [1.82, 2.24) is 0 Å². The monoisotopic (exact) mass is 374 g/mol. The summed E-state index contributed by atoms with van der Waals surface area (Å²) in [6.07, 6.45) is 3.47. The van der Waals surface area contributed by atoms with Gasteiger partial charge in [0, 0.05) is 13.1 Å².